The van der Waals surface area contributed by atoms with Crippen molar-refractivity contribution >= 4 is 0 Å². The Balaban J connectivity index is 1.73. The van der Waals surface area contributed by atoms with Crippen LogP contribution in [0.5, 0.6) is 0 Å². The molecule has 0 amide bonds. The summed E-state index contributed by atoms with van der Waals surface area (Å²) in [6.07, 6.45) is 7.35. The van der Waals surface area contributed by atoms with Crippen LogP contribution in [0, 0.1) is 0 Å². The molecule has 3 nitrogen and oxygen atoms in total. The molecule has 1 atom stereocenters. The Morgan fingerprint density at radius 1 is 1.20 bits per heavy atom. The van der Waals surface area contributed by atoms with Crippen LogP contribution in [0.1, 0.15) is 48.2 Å². The summed E-state index contributed by atoms with van der Waals surface area (Å²) in [7, 11) is 0. The molecule has 1 aromatic heterocycles. The summed E-state index contributed by atoms with van der Waals surface area (Å²) >= 11 is 0. The van der Waals surface area contributed by atoms with Gasteiger partial charge in [-0.05, 0) is 36.9 Å². The molecule has 0 aliphatic heterocycles. The molecule has 0 radical (unpaired) electrons. The van der Waals surface area contributed by atoms with Crippen LogP contribution in [0.2, 0.25) is 0 Å². The molecule has 1 aliphatic rings. The smallest absolute Gasteiger partial charge is 0.135 e. The lowest BCUT2D eigenvalue weighted by atomic mass is 10.0. The van der Waals surface area contributed by atoms with E-state index in [0.29, 0.717) is 5.92 Å². The van der Waals surface area contributed by atoms with Gasteiger partial charge in [-0.2, -0.15) is 0 Å². The topological polar surface area (TPSA) is 37.8 Å². The minimum Gasteiger partial charge on any atom is -0.313 e. The SMILES string of the molecule is CCCNCc1cnc(C2CCc3ccccc32)nc1. The van der Waals surface area contributed by atoms with Crippen LogP contribution in [-0.4, -0.2) is 16.5 Å². The third kappa shape index (κ3) is 2.73. The molecule has 20 heavy (non-hydrogen) atoms. The van der Waals surface area contributed by atoms with Crippen molar-refractivity contribution in [3.8, 4) is 0 Å². The van der Waals surface area contributed by atoms with E-state index in [-0.39, 0.29) is 0 Å². The maximum atomic E-state index is 4.59. The quantitative estimate of drug-likeness (QED) is 0.846. The third-order valence-corrected chi connectivity index (χ3v) is 3.93. The molecule has 1 N–H and O–H groups in total. The van der Waals surface area contributed by atoms with Gasteiger partial charge in [0.25, 0.3) is 0 Å². The van der Waals surface area contributed by atoms with Crippen LogP contribution in [0.4, 0.5) is 0 Å². The monoisotopic (exact) mass is 267 g/mol. The molecule has 1 heterocycles. The molecule has 0 spiro atoms. The van der Waals surface area contributed by atoms with Crippen LogP contribution >= 0.6 is 0 Å². The van der Waals surface area contributed by atoms with Crippen LogP contribution in [0.25, 0.3) is 0 Å². The Kier molecular flexibility index (Phi) is 4.07. The van der Waals surface area contributed by atoms with Gasteiger partial charge in [-0.15, -0.1) is 0 Å². The van der Waals surface area contributed by atoms with Crippen molar-refractivity contribution in [2.24, 2.45) is 0 Å². The molecule has 2 aromatic rings. The fourth-order valence-corrected chi connectivity index (χ4v) is 2.87. The van der Waals surface area contributed by atoms with E-state index in [2.05, 4.69) is 46.5 Å². The lowest BCUT2D eigenvalue weighted by Crippen LogP contribution is -2.14. The van der Waals surface area contributed by atoms with Gasteiger partial charge in [-0.3, -0.25) is 0 Å². The van der Waals surface area contributed by atoms with Gasteiger partial charge in [0, 0.05) is 30.4 Å². The number of fused-ring (bicyclic) bond motifs is 1. The van der Waals surface area contributed by atoms with E-state index in [9.17, 15) is 0 Å². The van der Waals surface area contributed by atoms with Crippen molar-refractivity contribution in [2.75, 3.05) is 6.54 Å². The molecule has 1 aromatic carbocycles. The number of nitrogens with one attached hydrogen (secondary N) is 1. The zero-order valence-electron chi connectivity index (χ0n) is 12.0. The molecule has 3 rings (SSSR count). The maximum Gasteiger partial charge on any atom is 0.135 e. The molecule has 0 fully saturated rings. The van der Waals surface area contributed by atoms with E-state index in [1.54, 1.807) is 0 Å². The van der Waals surface area contributed by atoms with Gasteiger partial charge in [0.1, 0.15) is 5.82 Å². The summed E-state index contributed by atoms with van der Waals surface area (Å²) in [6.45, 7) is 4.07. The summed E-state index contributed by atoms with van der Waals surface area (Å²) < 4.78 is 0. The Labute approximate surface area is 120 Å². The lowest BCUT2D eigenvalue weighted by molar-refractivity contribution is 0.665. The molecule has 1 aliphatic carbocycles. The van der Waals surface area contributed by atoms with Crippen LogP contribution in [-0.2, 0) is 13.0 Å². The van der Waals surface area contributed by atoms with Crippen molar-refractivity contribution in [3.63, 3.8) is 0 Å². The molecule has 0 saturated heterocycles. The van der Waals surface area contributed by atoms with E-state index in [0.717, 1.165) is 43.7 Å². The van der Waals surface area contributed by atoms with Gasteiger partial charge in [-0.1, -0.05) is 31.2 Å². The molecule has 104 valence electrons. The average molecular weight is 267 g/mol. The highest BCUT2D eigenvalue weighted by molar-refractivity contribution is 5.38. The van der Waals surface area contributed by atoms with E-state index in [1.165, 1.54) is 11.1 Å². The van der Waals surface area contributed by atoms with E-state index in [4.69, 9.17) is 0 Å². The van der Waals surface area contributed by atoms with Gasteiger partial charge in [-0.25, -0.2) is 9.97 Å². The normalized spacial score (nSPS) is 17.1. The Bertz CT molecular complexity index is 563. The summed E-state index contributed by atoms with van der Waals surface area (Å²) in [4.78, 5) is 9.17. The zero-order chi connectivity index (χ0) is 13.8. The highest BCUT2D eigenvalue weighted by Gasteiger charge is 2.25. The van der Waals surface area contributed by atoms with Gasteiger partial charge < -0.3 is 5.32 Å². The summed E-state index contributed by atoms with van der Waals surface area (Å²) in [5.74, 6) is 1.35. The third-order valence-electron chi connectivity index (χ3n) is 3.93. The number of hydrogen-bond donors (Lipinski definition) is 1. The Morgan fingerprint density at radius 3 is 2.80 bits per heavy atom. The Hall–Kier alpha value is -1.74. The van der Waals surface area contributed by atoms with E-state index < -0.39 is 0 Å². The standard InChI is InChI=1S/C17H21N3/c1-2-9-18-10-13-11-19-17(20-12-13)16-8-7-14-5-3-4-6-15(14)16/h3-6,11-12,16,18H,2,7-10H2,1H3. The van der Waals surface area contributed by atoms with Crippen molar-refractivity contribution in [1.29, 1.82) is 0 Å². The predicted octanol–water partition coefficient (Wildman–Crippen LogP) is 3.05. The highest BCUT2D eigenvalue weighted by atomic mass is 14.9. The van der Waals surface area contributed by atoms with Gasteiger partial charge in [0.15, 0.2) is 0 Å². The number of hydrogen-bond acceptors (Lipinski definition) is 3. The minimum atomic E-state index is 0.379. The molecule has 0 saturated carbocycles. The minimum absolute atomic E-state index is 0.379. The summed E-state index contributed by atoms with van der Waals surface area (Å²) in [5.41, 5.74) is 4.02. The zero-order valence-corrected chi connectivity index (χ0v) is 12.0. The molecular weight excluding hydrogens is 246 g/mol. The molecule has 0 bridgehead atoms. The second-order valence-electron chi connectivity index (χ2n) is 5.42. The number of aromatic nitrogens is 2. The summed E-state index contributed by atoms with van der Waals surface area (Å²) in [5, 5.41) is 3.38. The number of benzene rings is 1. The van der Waals surface area contributed by atoms with Crippen LogP contribution in [0.3, 0.4) is 0 Å². The second-order valence-corrected chi connectivity index (χ2v) is 5.42. The van der Waals surface area contributed by atoms with Crippen molar-refractivity contribution in [1.82, 2.24) is 15.3 Å². The van der Waals surface area contributed by atoms with Gasteiger partial charge in [0.2, 0.25) is 0 Å². The predicted molar refractivity (Wildman–Crippen MR) is 80.6 cm³/mol. The summed E-state index contributed by atoms with van der Waals surface area (Å²) in [6, 6.07) is 8.66. The largest absolute Gasteiger partial charge is 0.313 e. The molecule has 1 unspecified atom stereocenters. The number of nitrogens with zero attached hydrogens (tertiary/aromatic N) is 2. The number of aryl methyl sites for hydroxylation is 1. The first kappa shape index (κ1) is 13.3. The van der Waals surface area contributed by atoms with Gasteiger partial charge >= 0.3 is 0 Å². The fourth-order valence-electron chi connectivity index (χ4n) is 2.87. The van der Waals surface area contributed by atoms with E-state index in [1.807, 2.05) is 12.4 Å². The average Bonchev–Trinajstić information content (AvgIpc) is 2.92. The first-order valence-corrected chi connectivity index (χ1v) is 7.48. The number of rotatable bonds is 5. The Morgan fingerprint density at radius 2 is 2.00 bits per heavy atom. The van der Waals surface area contributed by atoms with Crippen molar-refractivity contribution in [3.05, 3.63) is 59.2 Å². The molecular formula is C17H21N3. The lowest BCUT2D eigenvalue weighted by Gasteiger charge is -2.10. The van der Waals surface area contributed by atoms with Gasteiger partial charge in [0.05, 0.1) is 0 Å². The first-order valence-electron chi connectivity index (χ1n) is 7.48. The van der Waals surface area contributed by atoms with Crippen molar-refractivity contribution < 1.29 is 0 Å². The molecule has 3 heteroatoms. The fraction of sp³-hybridized carbons (Fsp3) is 0.412. The maximum absolute atomic E-state index is 4.59. The van der Waals surface area contributed by atoms with E-state index >= 15 is 0 Å². The van der Waals surface area contributed by atoms with Crippen LogP contribution < -0.4 is 5.32 Å². The second kappa shape index (κ2) is 6.14. The first-order chi connectivity index (χ1) is 9.88. The highest BCUT2D eigenvalue weighted by Crippen LogP contribution is 2.35. The van der Waals surface area contributed by atoms with Crippen molar-refractivity contribution in [2.45, 2.75) is 38.6 Å². The van der Waals surface area contributed by atoms with Crippen LogP contribution in [0.15, 0.2) is 36.7 Å².